The number of hydrogen-bond donors (Lipinski definition) is 1. The van der Waals surface area contributed by atoms with Gasteiger partial charge in [0, 0.05) is 16.6 Å². The van der Waals surface area contributed by atoms with Crippen LogP contribution in [0.4, 0.5) is 5.69 Å². The van der Waals surface area contributed by atoms with E-state index in [9.17, 15) is 0 Å². The highest BCUT2D eigenvalue weighted by atomic mass is 35.5. The lowest BCUT2D eigenvalue weighted by atomic mass is 10.2. The fraction of sp³-hybridized carbons (Fsp3) is 0.182. The van der Waals surface area contributed by atoms with Crippen LogP contribution in [-0.4, -0.2) is 6.61 Å². The molecule has 0 fully saturated rings. The molecule has 0 unspecified atom stereocenters. The summed E-state index contributed by atoms with van der Waals surface area (Å²) in [4.78, 5) is 0. The molecule has 146 valence electrons. The van der Waals surface area contributed by atoms with Gasteiger partial charge in [-0.1, -0.05) is 53.0 Å². The molecule has 28 heavy (non-hydrogen) atoms. The molecule has 0 amide bonds. The Balaban J connectivity index is 1.68. The Morgan fingerprint density at radius 3 is 2.18 bits per heavy atom. The van der Waals surface area contributed by atoms with Gasteiger partial charge in [0.15, 0.2) is 11.5 Å². The van der Waals surface area contributed by atoms with Crippen molar-refractivity contribution in [2.75, 3.05) is 11.9 Å². The van der Waals surface area contributed by atoms with E-state index in [1.54, 1.807) is 12.1 Å². The normalized spacial score (nSPS) is 10.6. The highest BCUT2D eigenvalue weighted by Gasteiger charge is 2.08. The van der Waals surface area contributed by atoms with Gasteiger partial charge in [-0.3, -0.25) is 0 Å². The van der Waals surface area contributed by atoms with Crippen LogP contribution in [0.25, 0.3) is 0 Å². The summed E-state index contributed by atoms with van der Waals surface area (Å²) in [6, 6.07) is 18.8. The first-order valence-corrected chi connectivity index (χ1v) is 10.0. The smallest absolute Gasteiger partial charge is 0.161 e. The number of hydrogen-bond acceptors (Lipinski definition) is 3. The average Bonchev–Trinajstić information content (AvgIpc) is 2.68. The lowest BCUT2D eigenvalue weighted by Crippen LogP contribution is -2.03. The Kier molecular flexibility index (Phi) is 7.32. The first-order valence-electron chi connectivity index (χ1n) is 8.87. The zero-order valence-electron chi connectivity index (χ0n) is 15.3. The standard InChI is InChI=1S/C22H20Cl3NO2/c1-2-27-22-11-16(13-26-20-9-8-18(24)12-19(20)25)5-10-21(22)28-14-15-3-6-17(23)7-4-15/h3-12,26H,2,13-14H2,1H3. The van der Waals surface area contributed by atoms with Gasteiger partial charge < -0.3 is 14.8 Å². The quantitative estimate of drug-likeness (QED) is 0.404. The van der Waals surface area contributed by atoms with Crippen molar-refractivity contribution < 1.29 is 9.47 Å². The van der Waals surface area contributed by atoms with Crippen molar-refractivity contribution in [2.45, 2.75) is 20.1 Å². The number of ether oxygens (including phenoxy) is 2. The molecule has 0 atom stereocenters. The molecule has 0 aliphatic heterocycles. The minimum atomic E-state index is 0.440. The molecule has 0 saturated heterocycles. The van der Waals surface area contributed by atoms with E-state index >= 15 is 0 Å². The van der Waals surface area contributed by atoms with Crippen LogP contribution in [0.3, 0.4) is 0 Å². The topological polar surface area (TPSA) is 30.5 Å². The maximum absolute atomic E-state index is 6.21. The molecule has 3 aromatic carbocycles. The van der Waals surface area contributed by atoms with Gasteiger partial charge >= 0.3 is 0 Å². The number of anilines is 1. The van der Waals surface area contributed by atoms with Crippen LogP contribution in [-0.2, 0) is 13.2 Å². The Morgan fingerprint density at radius 1 is 0.750 bits per heavy atom. The van der Waals surface area contributed by atoms with Crippen molar-refractivity contribution >= 4 is 40.5 Å². The van der Waals surface area contributed by atoms with E-state index in [2.05, 4.69) is 5.32 Å². The Labute approximate surface area is 180 Å². The SMILES string of the molecule is CCOc1cc(CNc2ccc(Cl)cc2Cl)ccc1OCc1ccc(Cl)cc1. The van der Waals surface area contributed by atoms with Gasteiger partial charge in [-0.25, -0.2) is 0 Å². The first kappa shape index (κ1) is 20.7. The van der Waals surface area contributed by atoms with Gasteiger partial charge in [-0.15, -0.1) is 0 Å². The third-order valence-corrected chi connectivity index (χ3v) is 4.83. The third-order valence-electron chi connectivity index (χ3n) is 4.03. The van der Waals surface area contributed by atoms with Gasteiger partial charge in [0.2, 0.25) is 0 Å². The van der Waals surface area contributed by atoms with Crippen molar-refractivity contribution in [3.8, 4) is 11.5 Å². The Morgan fingerprint density at radius 2 is 1.46 bits per heavy atom. The van der Waals surface area contributed by atoms with Crippen LogP contribution >= 0.6 is 34.8 Å². The van der Waals surface area contributed by atoms with Crippen molar-refractivity contribution in [2.24, 2.45) is 0 Å². The molecule has 3 rings (SSSR count). The van der Waals surface area contributed by atoms with Crippen molar-refractivity contribution in [3.05, 3.63) is 86.9 Å². The second kappa shape index (κ2) is 9.92. The molecule has 0 heterocycles. The average molecular weight is 437 g/mol. The van der Waals surface area contributed by atoms with E-state index in [4.69, 9.17) is 44.3 Å². The van der Waals surface area contributed by atoms with Crippen LogP contribution in [0.1, 0.15) is 18.1 Å². The minimum absolute atomic E-state index is 0.440. The lowest BCUT2D eigenvalue weighted by Gasteiger charge is -2.14. The maximum Gasteiger partial charge on any atom is 0.161 e. The van der Waals surface area contributed by atoms with Crippen LogP contribution < -0.4 is 14.8 Å². The molecule has 3 aromatic rings. The molecule has 1 N–H and O–H groups in total. The largest absolute Gasteiger partial charge is 0.490 e. The molecule has 3 nitrogen and oxygen atoms in total. The fourth-order valence-corrected chi connectivity index (χ4v) is 3.22. The van der Waals surface area contributed by atoms with E-state index in [0.717, 1.165) is 16.8 Å². The lowest BCUT2D eigenvalue weighted by molar-refractivity contribution is 0.269. The van der Waals surface area contributed by atoms with Gasteiger partial charge in [0.25, 0.3) is 0 Å². The summed E-state index contributed by atoms with van der Waals surface area (Å²) in [5.74, 6) is 1.41. The molecular weight excluding hydrogens is 417 g/mol. The molecule has 0 bridgehead atoms. The molecule has 0 saturated carbocycles. The second-order valence-electron chi connectivity index (χ2n) is 6.11. The van der Waals surface area contributed by atoms with E-state index in [1.165, 1.54) is 0 Å². The summed E-state index contributed by atoms with van der Waals surface area (Å²) >= 11 is 18.1. The molecule has 0 spiro atoms. The summed E-state index contributed by atoms with van der Waals surface area (Å²) < 4.78 is 11.7. The summed E-state index contributed by atoms with van der Waals surface area (Å²) in [5.41, 5.74) is 2.91. The van der Waals surface area contributed by atoms with Crippen molar-refractivity contribution in [3.63, 3.8) is 0 Å². The zero-order valence-corrected chi connectivity index (χ0v) is 17.6. The van der Waals surface area contributed by atoms with Gasteiger partial charge in [0.05, 0.1) is 17.3 Å². The Bertz CT molecular complexity index is 930. The summed E-state index contributed by atoms with van der Waals surface area (Å²) in [5, 5.41) is 5.21. The summed E-state index contributed by atoms with van der Waals surface area (Å²) in [6.07, 6.45) is 0. The molecule has 0 aliphatic carbocycles. The van der Waals surface area contributed by atoms with E-state index in [-0.39, 0.29) is 0 Å². The van der Waals surface area contributed by atoms with Crippen molar-refractivity contribution in [1.82, 2.24) is 0 Å². The monoisotopic (exact) mass is 435 g/mol. The molecule has 6 heteroatoms. The number of nitrogens with one attached hydrogen (secondary N) is 1. The molecule has 0 radical (unpaired) electrons. The Hall–Kier alpha value is -2.07. The van der Waals surface area contributed by atoms with E-state index < -0.39 is 0 Å². The van der Waals surface area contributed by atoms with E-state index in [1.807, 2.05) is 55.5 Å². The third kappa shape index (κ3) is 5.71. The predicted molar refractivity (Wildman–Crippen MR) is 117 cm³/mol. The highest BCUT2D eigenvalue weighted by Crippen LogP contribution is 2.31. The minimum Gasteiger partial charge on any atom is -0.490 e. The van der Waals surface area contributed by atoms with Crippen LogP contribution in [0.5, 0.6) is 11.5 Å². The van der Waals surface area contributed by atoms with E-state index in [0.29, 0.717) is 46.3 Å². The fourth-order valence-electron chi connectivity index (χ4n) is 2.62. The summed E-state index contributed by atoms with van der Waals surface area (Å²) in [7, 11) is 0. The van der Waals surface area contributed by atoms with Crippen molar-refractivity contribution in [1.29, 1.82) is 0 Å². The maximum atomic E-state index is 6.21. The first-order chi connectivity index (χ1) is 13.5. The number of halogens is 3. The molecule has 0 aromatic heterocycles. The zero-order chi connectivity index (χ0) is 19.9. The summed E-state index contributed by atoms with van der Waals surface area (Å²) in [6.45, 7) is 3.53. The number of rotatable bonds is 8. The van der Waals surface area contributed by atoms with Crippen LogP contribution in [0.2, 0.25) is 15.1 Å². The molecular formula is C22H20Cl3NO2. The predicted octanol–water partition coefficient (Wildman–Crippen LogP) is 7.24. The van der Waals surface area contributed by atoms with Gasteiger partial charge in [-0.05, 0) is 60.5 Å². The second-order valence-corrected chi connectivity index (χ2v) is 7.39. The van der Waals surface area contributed by atoms with Gasteiger partial charge in [-0.2, -0.15) is 0 Å². The number of benzene rings is 3. The highest BCUT2D eigenvalue weighted by molar-refractivity contribution is 6.36. The van der Waals surface area contributed by atoms with Gasteiger partial charge in [0.1, 0.15) is 6.61 Å². The van der Waals surface area contributed by atoms with Crippen LogP contribution in [0.15, 0.2) is 60.7 Å². The van der Waals surface area contributed by atoms with Crippen LogP contribution in [0, 0.1) is 0 Å². The molecule has 0 aliphatic rings.